The highest BCUT2D eigenvalue weighted by molar-refractivity contribution is 6.22. The first-order valence-corrected chi connectivity index (χ1v) is 6.45. The standard InChI is InChI=1S/C16H11BO3/c18-17-20-16-11-6-2-1-5-10(11)9-14-15(16)12-7-3-4-8-13(12)19-14/h1-9,17-18H. The normalized spacial score (nSPS) is 11.2. The Morgan fingerprint density at radius 1 is 0.900 bits per heavy atom. The number of benzene rings is 3. The second kappa shape index (κ2) is 4.29. The van der Waals surface area contributed by atoms with Gasteiger partial charge in [-0.1, -0.05) is 42.5 Å². The topological polar surface area (TPSA) is 42.6 Å². The zero-order valence-electron chi connectivity index (χ0n) is 10.7. The molecule has 0 atom stereocenters. The van der Waals surface area contributed by atoms with Crippen LogP contribution in [-0.2, 0) is 0 Å². The summed E-state index contributed by atoms with van der Waals surface area (Å²) in [5.74, 6) is 0.672. The molecule has 4 heteroatoms. The third-order valence-corrected chi connectivity index (χ3v) is 3.55. The molecule has 0 fully saturated rings. The lowest BCUT2D eigenvalue weighted by atomic mass is 10.0. The Bertz CT molecular complexity index is 927. The Hall–Kier alpha value is -2.46. The van der Waals surface area contributed by atoms with Gasteiger partial charge in [-0.25, -0.2) is 0 Å². The largest absolute Gasteiger partial charge is 0.538 e. The lowest BCUT2D eigenvalue weighted by Gasteiger charge is -2.08. The van der Waals surface area contributed by atoms with Crippen LogP contribution in [0.2, 0.25) is 0 Å². The molecule has 0 aliphatic rings. The molecular formula is C16H11BO3. The number of hydrogen-bond acceptors (Lipinski definition) is 3. The highest BCUT2D eigenvalue weighted by Gasteiger charge is 2.15. The van der Waals surface area contributed by atoms with Crippen molar-refractivity contribution >= 4 is 40.4 Å². The Morgan fingerprint density at radius 2 is 1.65 bits per heavy atom. The Balaban J connectivity index is 2.26. The van der Waals surface area contributed by atoms with E-state index in [-0.39, 0.29) is 7.69 Å². The van der Waals surface area contributed by atoms with Gasteiger partial charge in [-0.2, -0.15) is 0 Å². The molecule has 0 radical (unpaired) electrons. The fourth-order valence-electron chi connectivity index (χ4n) is 2.72. The minimum Gasteiger partial charge on any atom is -0.538 e. The first-order chi connectivity index (χ1) is 9.88. The molecule has 1 heterocycles. The smallest absolute Gasteiger partial charge is 0.504 e. The van der Waals surface area contributed by atoms with Gasteiger partial charge in [0, 0.05) is 10.8 Å². The molecule has 0 aliphatic carbocycles. The Labute approximate surface area is 115 Å². The molecule has 0 spiro atoms. The van der Waals surface area contributed by atoms with Gasteiger partial charge < -0.3 is 14.1 Å². The van der Waals surface area contributed by atoms with Crippen LogP contribution in [0.25, 0.3) is 32.7 Å². The van der Waals surface area contributed by atoms with E-state index in [1.807, 2.05) is 54.6 Å². The van der Waals surface area contributed by atoms with Crippen LogP contribution in [0.3, 0.4) is 0 Å². The molecule has 96 valence electrons. The fourth-order valence-corrected chi connectivity index (χ4v) is 2.72. The van der Waals surface area contributed by atoms with Crippen molar-refractivity contribution in [1.82, 2.24) is 0 Å². The van der Waals surface area contributed by atoms with E-state index in [9.17, 15) is 5.02 Å². The van der Waals surface area contributed by atoms with Crippen LogP contribution in [0.15, 0.2) is 59.0 Å². The monoisotopic (exact) mass is 262 g/mol. The zero-order chi connectivity index (χ0) is 13.5. The van der Waals surface area contributed by atoms with Crippen molar-refractivity contribution in [3.8, 4) is 5.75 Å². The molecule has 0 amide bonds. The summed E-state index contributed by atoms with van der Waals surface area (Å²) in [6.45, 7) is 0. The molecule has 4 aromatic rings. The van der Waals surface area contributed by atoms with Gasteiger partial charge in [0.2, 0.25) is 0 Å². The van der Waals surface area contributed by atoms with Gasteiger partial charge in [-0.15, -0.1) is 0 Å². The maximum absolute atomic E-state index is 9.20. The van der Waals surface area contributed by atoms with Crippen molar-refractivity contribution < 1.29 is 14.1 Å². The van der Waals surface area contributed by atoms with Crippen molar-refractivity contribution in [1.29, 1.82) is 0 Å². The number of rotatable bonds is 2. The second-order valence-corrected chi connectivity index (χ2v) is 4.67. The number of hydrogen-bond donors (Lipinski definition) is 1. The van der Waals surface area contributed by atoms with Crippen molar-refractivity contribution in [3.05, 3.63) is 54.6 Å². The van der Waals surface area contributed by atoms with Crippen LogP contribution in [0, 0.1) is 0 Å². The molecule has 1 aromatic heterocycles. The minimum atomic E-state index is -0.359. The van der Waals surface area contributed by atoms with Gasteiger partial charge in [0.1, 0.15) is 16.9 Å². The van der Waals surface area contributed by atoms with Gasteiger partial charge >= 0.3 is 7.69 Å². The first kappa shape index (κ1) is 11.4. The molecule has 3 nitrogen and oxygen atoms in total. The van der Waals surface area contributed by atoms with Gasteiger partial charge in [0.25, 0.3) is 0 Å². The molecule has 0 bridgehead atoms. The summed E-state index contributed by atoms with van der Waals surface area (Å²) in [4.78, 5) is 0. The highest BCUT2D eigenvalue weighted by atomic mass is 16.5. The lowest BCUT2D eigenvalue weighted by Crippen LogP contribution is -2.00. The van der Waals surface area contributed by atoms with E-state index in [0.717, 1.165) is 32.7 Å². The summed E-state index contributed by atoms with van der Waals surface area (Å²) in [6.07, 6.45) is 0. The average Bonchev–Trinajstić information content (AvgIpc) is 2.85. The van der Waals surface area contributed by atoms with Crippen LogP contribution in [0.4, 0.5) is 0 Å². The summed E-state index contributed by atoms with van der Waals surface area (Å²) < 4.78 is 11.4. The molecule has 0 saturated carbocycles. The van der Waals surface area contributed by atoms with Crippen molar-refractivity contribution in [3.63, 3.8) is 0 Å². The summed E-state index contributed by atoms with van der Waals surface area (Å²) in [7, 11) is -0.359. The summed E-state index contributed by atoms with van der Waals surface area (Å²) in [6, 6.07) is 17.8. The predicted octanol–water partition coefficient (Wildman–Crippen LogP) is 3.38. The quantitative estimate of drug-likeness (QED) is 0.563. The molecular weight excluding hydrogens is 251 g/mol. The molecule has 1 N–H and O–H groups in total. The van der Waals surface area contributed by atoms with Crippen LogP contribution >= 0.6 is 0 Å². The van der Waals surface area contributed by atoms with Gasteiger partial charge in [0.05, 0.1) is 5.39 Å². The van der Waals surface area contributed by atoms with Crippen LogP contribution in [0.1, 0.15) is 0 Å². The third-order valence-electron chi connectivity index (χ3n) is 3.55. The van der Waals surface area contributed by atoms with E-state index < -0.39 is 0 Å². The molecule has 20 heavy (non-hydrogen) atoms. The predicted molar refractivity (Wildman–Crippen MR) is 81.2 cm³/mol. The number of fused-ring (bicyclic) bond motifs is 4. The van der Waals surface area contributed by atoms with E-state index in [4.69, 9.17) is 9.07 Å². The summed E-state index contributed by atoms with van der Waals surface area (Å²) in [5.41, 5.74) is 1.59. The Kier molecular flexibility index (Phi) is 2.44. The second-order valence-electron chi connectivity index (χ2n) is 4.67. The molecule has 0 aliphatic heterocycles. The highest BCUT2D eigenvalue weighted by Crippen LogP contribution is 2.40. The van der Waals surface area contributed by atoms with E-state index in [1.54, 1.807) is 0 Å². The maximum atomic E-state index is 9.20. The third kappa shape index (κ3) is 1.52. The molecule has 3 aromatic carbocycles. The zero-order valence-corrected chi connectivity index (χ0v) is 10.7. The van der Waals surface area contributed by atoms with Crippen LogP contribution in [-0.4, -0.2) is 12.7 Å². The molecule has 0 saturated heterocycles. The van der Waals surface area contributed by atoms with E-state index >= 15 is 0 Å². The van der Waals surface area contributed by atoms with Crippen molar-refractivity contribution in [2.75, 3.05) is 0 Å². The van der Waals surface area contributed by atoms with E-state index in [2.05, 4.69) is 0 Å². The number of para-hydroxylation sites is 1. The molecule has 0 unspecified atom stereocenters. The summed E-state index contributed by atoms with van der Waals surface area (Å²) in [5, 5.41) is 13.1. The fraction of sp³-hybridized carbons (Fsp3) is 0. The number of furan rings is 1. The van der Waals surface area contributed by atoms with Gasteiger partial charge in [-0.05, 0) is 17.5 Å². The Morgan fingerprint density at radius 3 is 2.50 bits per heavy atom. The SMILES string of the molecule is OBOc1c2ccccc2cc2oc3ccccc3c12. The van der Waals surface area contributed by atoms with Gasteiger partial charge in [-0.3, -0.25) is 0 Å². The van der Waals surface area contributed by atoms with Crippen LogP contribution in [0.5, 0.6) is 5.75 Å². The minimum absolute atomic E-state index is 0.359. The molecule has 4 rings (SSSR count). The van der Waals surface area contributed by atoms with Gasteiger partial charge in [0.15, 0.2) is 0 Å². The van der Waals surface area contributed by atoms with Crippen molar-refractivity contribution in [2.45, 2.75) is 0 Å². The van der Waals surface area contributed by atoms with Crippen molar-refractivity contribution in [2.24, 2.45) is 0 Å². The van der Waals surface area contributed by atoms with E-state index in [1.165, 1.54) is 0 Å². The average molecular weight is 262 g/mol. The maximum Gasteiger partial charge on any atom is 0.504 e. The first-order valence-electron chi connectivity index (χ1n) is 6.45. The summed E-state index contributed by atoms with van der Waals surface area (Å²) >= 11 is 0. The van der Waals surface area contributed by atoms with Crippen LogP contribution < -0.4 is 4.65 Å². The van der Waals surface area contributed by atoms with E-state index in [0.29, 0.717) is 5.75 Å². The lowest BCUT2D eigenvalue weighted by molar-refractivity contribution is 0.459.